The zero-order chi connectivity index (χ0) is 29.7. The Morgan fingerprint density at radius 3 is 1.26 bits per heavy atom. The first-order chi connectivity index (χ1) is 20.6. The van der Waals surface area contributed by atoms with Gasteiger partial charge in [0.1, 0.15) is 24.7 Å². The van der Waals surface area contributed by atoms with Gasteiger partial charge in [0.25, 0.3) is 0 Å². The van der Waals surface area contributed by atoms with Crippen molar-refractivity contribution < 1.29 is 19.7 Å². The van der Waals surface area contributed by atoms with E-state index in [0.717, 1.165) is 65.9 Å². The number of aliphatic hydroxyl groups excluding tert-OH is 2. The topological polar surface area (TPSA) is 58.9 Å². The van der Waals surface area contributed by atoms with E-state index in [0.29, 0.717) is 0 Å². The van der Waals surface area contributed by atoms with E-state index >= 15 is 0 Å². The van der Waals surface area contributed by atoms with Gasteiger partial charge >= 0.3 is 0 Å². The van der Waals surface area contributed by atoms with E-state index in [2.05, 4.69) is 100 Å². The van der Waals surface area contributed by atoms with Gasteiger partial charge in [-0.2, -0.15) is 0 Å². The Morgan fingerprint density at radius 2 is 0.929 bits per heavy atom. The molecule has 4 aromatic rings. The Labute approximate surface area is 251 Å². The maximum atomic E-state index is 9.55. The lowest BCUT2D eigenvalue weighted by Crippen LogP contribution is -2.36. The fourth-order valence-corrected chi connectivity index (χ4v) is 6.88. The van der Waals surface area contributed by atoms with E-state index in [4.69, 9.17) is 9.47 Å². The Balaban J connectivity index is 1.93. The number of benzene rings is 4. The lowest BCUT2D eigenvalue weighted by Gasteiger charge is -2.43. The predicted octanol–water partition coefficient (Wildman–Crippen LogP) is 6.97. The minimum atomic E-state index is -0.544. The molecule has 0 saturated heterocycles. The van der Waals surface area contributed by atoms with Gasteiger partial charge < -0.3 is 19.7 Å². The molecule has 0 saturated carbocycles. The van der Waals surface area contributed by atoms with Gasteiger partial charge in [-0.1, -0.05) is 100 Å². The van der Waals surface area contributed by atoms with E-state index in [1.54, 1.807) is 0 Å². The van der Waals surface area contributed by atoms with Crippen LogP contribution in [0.4, 0.5) is 0 Å². The van der Waals surface area contributed by atoms with Gasteiger partial charge in [0.05, 0.1) is 18.6 Å². The van der Waals surface area contributed by atoms with Crippen LogP contribution in [0.15, 0.2) is 72.8 Å². The van der Waals surface area contributed by atoms with Crippen LogP contribution in [0, 0.1) is 0 Å². The highest BCUT2D eigenvalue weighted by Gasteiger charge is 2.44. The number of fused-ring (bicyclic) bond motifs is 2. The van der Waals surface area contributed by atoms with Crippen molar-refractivity contribution in [3.05, 3.63) is 128 Å². The van der Waals surface area contributed by atoms with Crippen LogP contribution in [0.3, 0.4) is 0 Å². The van der Waals surface area contributed by atoms with E-state index in [1.807, 2.05) is 0 Å². The number of aryl methyl sites for hydroxylation is 4. The van der Waals surface area contributed by atoms with Crippen molar-refractivity contribution in [1.82, 2.24) is 0 Å². The summed E-state index contributed by atoms with van der Waals surface area (Å²) in [7, 11) is 0. The van der Waals surface area contributed by atoms with Crippen LogP contribution >= 0.6 is 0 Å². The van der Waals surface area contributed by atoms with Crippen LogP contribution in [0.5, 0.6) is 11.5 Å². The van der Waals surface area contributed by atoms with Crippen LogP contribution in [0.25, 0.3) is 0 Å². The minimum absolute atomic E-state index is 0.0109. The van der Waals surface area contributed by atoms with Crippen molar-refractivity contribution in [1.29, 1.82) is 0 Å². The Morgan fingerprint density at radius 1 is 0.571 bits per heavy atom. The summed E-state index contributed by atoms with van der Waals surface area (Å²) in [5.41, 5.74) is 11.9. The zero-order valence-electron chi connectivity index (χ0n) is 25.5. The molecule has 0 spiro atoms. The molecular formula is C38H44O4. The predicted molar refractivity (Wildman–Crippen MR) is 170 cm³/mol. The standard InChI is InChI=1S/C38H44O4/c1-5-26-22-32(23-27(6-2)36(26)41-19-17-39)38(33-24-28(7-3)37(42-20-18-40)29(8-4)25-33)34-15-11-9-13-30(34)21-31-14-10-12-16-35(31)38/h9-16,22-25,39-40H,5-8,17-21H2,1-4H3. The fraction of sp³-hybridized carbons (Fsp3) is 0.368. The number of hydrogen-bond donors (Lipinski definition) is 2. The van der Waals surface area contributed by atoms with Crippen molar-refractivity contribution in [2.45, 2.75) is 65.2 Å². The molecule has 0 amide bonds. The highest BCUT2D eigenvalue weighted by molar-refractivity contribution is 5.69. The second-order valence-corrected chi connectivity index (χ2v) is 11.0. The van der Waals surface area contributed by atoms with Gasteiger partial charge in [-0.15, -0.1) is 0 Å². The van der Waals surface area contributed by atoms with Crippen molar-refractivity contribution in [2.75, 3.05) is 26.4 Å². The molecule has 220 valence electrons. The molecule has 1 aliphatic carbocycles. The molecule has 0 fully saturated rings. The lowest BCUT2D eigenvalue weighted by molar-refractivity contribution is 0.199. The molecule has 0 heterocycles. The third-order valence-electron chi connectivity index (χ3n) is 8.77. The van der Waals surface area contributed by atoms with Gasteiger partial charge in [-0.25, -0.2) is 0 Å². The summed E-state index contributed by atoms with van der Waals surface area (Å²) >= 11 is 0. The van der Waals surface area contributed by atoms with Crippen LogP contribution in [0.2, 0.25) is 0 Å². The molecule has 4 heteroatoms. The van der Waals surface area contributed by atoms with Gasteiger partial charge in [0.2, 0.25) is 0 Å². The molecular weight excluding hydrogens is 520 g/mol. The second kappa shape index (κ2) is 13.1. The fourth-order valence-electron chi connectivity index (χ4n) is 6.88. The van der Waals surface area contributed by atoms with E-state index < -0.39 is 5.41 Å². The second-order valence-electron chi connectivity index (χ2n) is 11.0. The Hall–Kier alpha value is -3.60. The zero-order valence-corrected chi connectivity index (χ0v) is 25.5. The molecule has 0 radical (unpaired) electrons. The largest absolute Gasteiger partial charge is 0.491 e. The maximum Gasteiger partial charge on any atom is 0.125 e. The summed E-state index contributed by atoms with van der Waals surface area (Å²) in [4.78, 5) is 0. The molecule has 0 aromatic heterocycles. The molecule has 5 rings (SSSR count). The summed E-state index contributed by atoms with van der Waals surface area (Å²) in [5, 5.41) is 19.1. The molecule has 4 nitrogen and oxygen atoms in total. The van der Waals surface area contributed by atoms with Gasteiger partial charge in [0, 0.05) is 0 Å². The third-order valence-corrected chi connectivity index (χ3v) is 8.77. The summed E-state index contributed by atoms with van der Waals surface area (Å²) in [5.74, 6) is 1.81. The SMILES string of the molecule is CCc1cc(C2(c3cc(CC)c(OCCO)c(CC)c3)c3ccccc3Cc3ccccc32)cc(CC)c1OCCO. The average Bonchev–Trinajstić information content (AvgIpc) is 3.04. The summed E-state index contributed by atoms with van der Waals surface area (Å²) in [6.07, 6.45) is 4.21. The molecule has 4 aromatic carbocycles. The monoisotopic (exact) mass is 564 g/mol. The number of ether oxygens (including phenoxy) is 2. The minimum Gasteiger partial charge on any atom is -0.491 e. The Bertz CT molecular complexity index is 1370. The van der Waals surface area contributed by atoms with Crippen LogP contribution in [-0.2, 0) is 37.5 Å². The highest BCUT2D eigenvalue weighted by atomic mass is 16.5. The van der Waals surface area contributed by atoms with Crippen LogP contribution in [0.1, 0.15) is 83.3 Å². The first-order valence-electron chi connectivity index (χ1n) is 15.5. The first kappa shape index (κ1) is 29.9. The smallest absolute Gasteiger partial charge is 0.125 e. The van der Waals surface area contributed by atoms with Crippen molar-refractivity contribution in [3.63, 3.8) is 0 Å². The molecule has 42 heavy (non-hydrogen) atoms. The number of aliphatic hydroxyl groups is 2. The van der Waals surface area contributed by atoms with Crippen molar-refractivity contribution in [2.24, 2.45) is 0 Å². The van der Waals surface area contributed by atoms with Crippen LogP contribution < -0.4 is 9.47 Å². The van der Waals surface area contributed by atoms with E-state index in [9.17, 15) is 10.2 Å². The molecule has 0 atom stereocenters. The summed E-state index contributed by atoms with van der Waals surface area (Å²) < 4.78 is 12.3. The normalized spacial score (nSPS) is 13.4. The van der Waals surface area contributed by atoms with Crippen LogP contribution in [-0.4, -0.2) is 36.6 Å². The molecule has 2 N–H and O–H groups in total. The number of rotatable bonds is 12. The lowest BCUT2D eigenvalue weighted by atomic mass is 9.59. The summed E-state index contributed by atoms with van der Waals surface area (Å²) in [6.45, 7) is 9.26. The molecule has 0 aliphatic heterocycles. The van der Waals surface area contributed by atoms with E-state index in [1.165, 1.54) is 33.4 Å². The molecule has 0 bridgehead atoms. The molecule has 0 unspecified atom stereocenters. The number of hydrogen-bond acceptors (Lipinski definition) is 4. The Kier molecular flexibility index (Phi) is 9.35. The molecule has 1 aliphatic rings. The average molecular weight is 565 g/mol. The van der Waals surface area contributed by atoms with Gasteiger partial charge in [-0.3, -0.25) is 0 Å². The summed E-state index contributed by atoms with van der Waals surface area (Å²) in [6, 6.07) is 27.2. The third kappa shape index (κ3) is 5.12. The quantitative estimate of drug-likeness (QED) is 0.172. The van der Waals surface area contributed by atoms with Gasteiger partial charge in [-0.05, 0) is 87.7 Å². The van der Waals surface area contributed by atoms with Crippen molar-refractivity contribution in [3.8, 4) is 11.5 Å². The first-order valence-corrected chi connectivity index (χ1v) is 15.5. The van der Waals surface area contributed by atoms with Crippen molar-refractivity contribution >= 4 is 0 Å². The van der Waals surface area contributed by atoms with Gasteiger partial charge in [0.15, 0.2) is 0 Å². The maximum absolute atomic E-state index is 9.55. The van der Waals surface area contributed by atoms with E-state index in [-0.39, 0.29) is 26.4 Å². The highest BCUT2D eigenvalue weighted by Crippen LogP contribution is 2.53.